The molecule has 3 nitrogen and oxygen atoms in total. The number of nitrogens with zero attached hydrogens (tertiary/aromatic N) is 1. The number of benzene rings is 2. The third-order valence-corrected chi connectivity index (χ3v) is 2.69. The summed E-state index contributed by atoms with van der Waals surface area (Å²) >= 11 is 0. The van der Waals surface area contributed by atoms with Gasteiger partial charge in [0.05, 0.1) is 11.5 Å². The zero-order valence-corrected chi connectivity index (χ0v) is 11.0. The Morgan fingerprint density at radius 1 is 1.00 bits per heavy atom. The van der Waals surface area contributed by atoms with Crippen molar-refractivity contribution in [3.63, 3.8) is 0 Å². The molecule has 3 rings (SSSR count). The summed E-state index contributed by atoms with van der Waals surface area (Å²) in [5.74, 6) is 0.606. The van der Waals surface area contributed by atoms with Gasteiger partial charge in [-0.05, 0) is 12.1 Å². The van der Waals surface area contributed by atoms with Crippen LogP contribution in [-0.2, 0) is 0 Å². The number of hydrogen-bond acceptors (Lipinski definition) is 3. The van der Waals surface area contributed by atoms with Crippen molar-refractivity contribution in [2.24, 2.45) is 0 Å². The van der Waals surface area contributed by atoms with E-state index in [1.165, 1.54) is 13.0 Å². The molecule has 3 heteroatoms. The summed E-state index contributed by atoms with van der Waals surface area (Å²) in [5, 5.41) is 7.94. The van der Waals surface area contributed by atoms with Gasteiger partial charge in [-0.2, -0.15) is 5.26 Å². The van der Waals surface area contributed by atoms with Gasteiger partial charge in [0, 0.05) is 18.6 Å². The van der Waals surface area contributed by atoms with Crippen LogP contribution in [0.4, 0.5) is 0 Å². The molecule has 0 amide bonds. The Labute approximate surface area is 116 Å². The lowest BCUT2D eigenvalue weighted by molar-refractivity contribution is 0.619. The van der Waals surface area contributed by atoms with Gasteiger partial charge in [-0.3, -0.25) is 4.79 Å². The first kappa shape index (κ1) is 13.6. The molecule has 1 heterocycles. The normalized spacial score (nSPS) is 9.40. The average Bonchev–Trinajstić information content (AvgIpc) is 2.49. The second-order valence-electron chi connectivity index (χ2n) is 4.06. The third kappa shape index (κ3) is 2.93. The van der Waals surface area contributed by atoms with Crippen molar-refractivity contribution >= 4 is 11.0 Å². The lowest BCUT2D eigenvalue weighted by atomic mass is 10.1. The fraction of sp³-hybridized carbons (Fsp3) is 0.0588. The van der Waals surface area contributed by atoms with E-state index < -0.39 is 0 Å². The van der Waals surface area contributed by atoms with E-state index in [2.05, 4.69) is 0 Å². The van der Waals surface area contributed by atoms with Crippen LogP contribution < -0.4 is 5.43 Å². The number of fused-ring (bicyclic) bond motifs is 1. The Hall–Kier alpha value is -2.86. The van der Waals surface area contributed by atoms with Crippen molar-refractivity contribution in [2.45, 2.75) is 6.92 Å². The first-order chi connectivity index (χ1) is 9.76. The fourth-order valence-corrected chi connectivity index (χ4v) is 1.85. The number of hydrogen-bond donors (Lipinski definition) is 0. The number of para-hydroxylation sites is 1. The summed E-state index contributed by atoms with van der Waals surface area (Å²) in [6.07, 6.45) is 0. The minimum absolute atomic E-state index is 0.00861. The highest BCUT2D eigenvalue weighted by molar-refractivity contribution is 5.78. The van der Waals surface area contributed by atoms with E-state index in [1.54, 1.807) is 12.1 Å². The standard InChI is InChI=1S/C15H10O2.C2H3N/c16-13-10-15(11-6-2-1-3-7-11)17-14-9-5-4-8-12(13)14;1-2-3/h1-10H;1H3. The van der Waals surface area contributed by atoms with Crippen LogP contribution in [0.15, 0.2) is 69.9 Å². The highest BCUT2D eigenvalue weighted by Gasteiger charge is 2.05. The summed E-state index contributed by atoms with van der Waals surface area (Å²) < 4.78 is 5.73. The van der Waals surface area contributed by atoms with Crippen molar-refractivity contribution in [1.82, 2.24) is 0 Å². The van der Waals surface area contributed by atoms with Crippen molar-refractivity contribution < 1.29 is 4.42 Å². The van der Waals surface area contributed by atoms with Crippen LogP contribution in [0.25, 0.3) is 22.3 Å². The van der Waals surface area contributed by atoms with Gasteiger partial charge >= 0.3 is 0 Å². The van der Waals surface area contributed by atoms with Gasteiger partial charge in [0.2, 0.25) is 0 Å². The maximum atomic E-state index is 11.9. The predicted octanol–water partition coefficient (Wildman–Crippen LogP) is 3.99. The molecular weight excluding hydrogens is 250 g/mol. The molecule has 0 fully saturated rings. The van der Waals surface area contributed by atoms with Gasteiger partial charge in [0.15, 0.2) is 5.43 Å². The first-order valence-corrected chi connectivity index (χ1v) is 6.15. The maximum absolute atomic E-state index is 11.9. The highest BCUT2D eigenvalue weighted by atomic mass is 16.3. The predicted molar refractivity (Wildman–Crippen MR) is 79.2 cm³/mol. The molecule has 0 aliphatic carbocycles. The van der Waals surface area contributed by atoms with E-state index in [1.807, 2.05) is 48.5 Å². The van der Waals surface area contributed by atoms with Crippen LogP contribution in [0.3, 0.4) is 0 Å². The molecule has 0 aliphatic heterocycles. The van der Waals surface area contributed by atoms with E-state index in [0.717, 1.165) is 5.56 Å². The molecule has 20 heavy (non-hydrogen) atoms. The van der Waals surface area contributed by atoms with Crippen molar-refractivity contribution in [3.8, 4) is 17.4 Å². The van der Waals surface area contributed by atoms with Crippen LogP contribution in [0.1, 0.15) is 6.92 Å². The second-order valence-corrected chi connectivity index (χ2v) is 4.06. The Morgan fingerprint density at radius 2 is 1.60 bits per heavy atom. The molecule has 0 N–H and O–H groups in total. The molecule has 2 aromatic carbocycles. The summed E-state index contributed by atoms with van der Waals surface area (Å²) in [6.45, 7) is 1.43. The molecule has 0 saturated heterocycles. The largest absolute Gasteiger partial charge is 0.456 e. The van der Waals surface area contributed by atoms with Gasteiger partial charge in [-0.1, -0.05) is 42.5 Å². The van der Waals surface area contributed by atoms with Gasteiger partial charge in [-0.15, -0.1) is 0 Å². The Morgan fingerprint density at radius 3 is 2.30 bits per heavy atom. The van der Waals surface area contributed by atoms with E-state index in [4.69, 9.17) is 9.68 Å². The van der Waals surface area contributed by atoms with Crippen molar-refractivity contribution in [1.29, 1.82) is 5.26 Å². The molecular formula is C17H13NO2. The highest BCUT2D eigenvalue weighted by Crippen LogP contribution is 2.21. The zero-order valence-electron chi connectivity index (χ0n) is 11.0. The lowest BCUT2D eigenvalue weighted by Gasteiger charge is -2.02. The Bertz CT molecular complexity index is 798. The lowest BCUT2D eigenvalue weighted by Crippen LogP contribution is -1.99. The van der Waals surface area contributed by atoms with E-state index in [9.17, 15) is 4.79 Å². The van der Waals surface area contributed by atoms with Crippen LogP contribution in [0.5, 0.6) is 0 Å². The number of nitriles is 1. The quantitative estimate of drug-likeness (QED) is 0.667. The van der Waals surface area contributed by atoms with Gasteiger partial charge in [0.25, 0.3) is 0 Å². The van der Waals surface area contributed by atoms with Gasteiger partial charge < -0.3 is 4.42 Å². The van der Waals surface area contributed by atoms with Crippen LogP contribution in [0.2, 0.25) is 0 Å². The molecule has 0 unspecified atom stereocenters. The van der Waals surface area contributed by atoms with Crippen molar-refractivity contribution in [3.05, 3.63) is 70.9 Å². The monoisotopic (exact) mass is 263 g/mol. The van der Waals surface area contributed by atoms with E-state index >= 15 is 0 Å². The summed E-state index contributed by atoms with van der Waals surface area (Å²) in [6, 6.07) is 20.2. The van der Waals surface area contributed by atoms with Gasteiger partial charge in [0.1, 0.15) is 11.3 Å². The minimum Gasteiger partial charge on any atom is -0.456 e. The topological polar surface area (TPSA) is 54.0 Å². The summed E-state index contributed by atoms with van der Waals surface area (Å²) in [7, 11) is 0. The zero-order chi connectivity index (χ0) is 14.4. The third-order valence-electron chi connectivity index (χ3n) is 2.69. The van der Waals surface area contributed by atoms with E-state index in [-0.39, 0.29) is 5.43 Å². The molecule has 0 atom stereocenters. The SMILES string of the molecule is CC#N.O=c1cc(-c2ccccc2)oc2ccccc12. The average molecular weight is 263 g/mol. The molecule has 3 aromatic rings. The fourth-order valence-electron chi connectivity index (χ4n) is 1.85. The molecule has 0 aliphatic rings. The minimum atomic E-state index is -0.00861. The Balaban J connectivity index is 0.000000452. The first-order valence-electron chi connectivity index (χ1n) is 6.15. The van der Waals surface area contributed by atoms with E-state index in [0.29, 0.717) is 16.7 Å². The van der Waals surface area contributed by atoms with Crippen LogP contribution in [-0.4, -0.2) is 0 Å². The molecule has 0 saturated carbocycles. The van der Waals surface area contributed by atoms with Gasteiger partial charge in [-0.25, -0.2) is 0 Å². The summed E-state index contributed by atoms with van der Waals surface area (Å²) in [5.41, 5.74) is 1.53. The molecule has 0 spiro atoms. The van der Waals surface area contributed by atoms with Crippen LogP contribution >= 0.6 is 0 Å². The molecule has 0 radical (unpaired) electrons. The van der Waals surface area contributed by atoms with Crippen molar-refractivity contribution in [2.75, 3.05) is 0 Å². The molecule has 0 bridgehead atoms. The maximum Gasteiger partial charge on any atom is 0.193 e. The smallest absolute Gasteiger partial charge is 0.193 e. The summed E-state index contributed by atoms with van der Waals surface area (Å²) in [4.78, 5) is 11.9. The molecule has 98 valence electrons. The Kier molecular flexibility index (Phi) is 4.31. The van der Waals surface area contributed by atoms with Crippen LogP contribution in [0, 0.1) is 11.3 Å². The molecule has 1 aromatic heterocycles. The second kappa shape index (κ2) is 6.35. The number of rotatable bonds is 1.